The van der Waals surface area contributed by atoms with Crippen LogP contribution in [0.3, 0.4) is 0 Å². The third-order valence-corrected chi connectivity index (χ3v) is 5.21. The van der Waals surface area contributed by atoms with Gasteiger partial charge >= 0.3 is 0 Å². The van der Waals surface area contributed by atoms with Crippen molar-refractivity contribution < 1.29 is 4.79 Å². The first-order valence-electron chi connectivity index (χ1n) is 7.79. The van der Waals surface area contributed by atoms with Crippen molar-refractivity contribution in [2.45, 2.75) is 6.54 Å². The summed E-state index contributed by atoms with van der Waals surface area (Å²) in [4.78, 5) is 24.3. The van der Waals surface area contributed by atoms with Crippen molar-refractivity contribution in [1.82, 2.24) is 19.8 Å². The first-order chi connectivity index (χ1) is 11.3. The minimum absolute atomic E-state index is 0.0923. The van der Waals surface area contributed by atoms with Crippen molar-refractivity contribution in [2.24, 2.45) is 0 Å². The second-order valence-electron chi connectivity index (χ2n) is 5.73. The van der Waals surface area contributed by atoms with Gasteiger partial charge in [-0.1, -0.05) is 12.1 Å². The number of thiazole rings is 1. The number of H-pyrrole nitrogens is 1. The molecule has 1 N–H and O–H groups in total. The van der Waals surface area contributed by atoms with E-state index >= 15 is 0 Å². The topological polar surface area (TPSA) is 52.2 Å². The van der Waals surface area contributed by atoms with E-state index in [1.54, 1.807) is 17.5 Å². The van der Waals surface area contributed by atoms with Crippen LogP contribution in [0.15, 0.2) is 42.6 Å². The van der Waals surface area contributed by atoms with E-state index in [0.717, 1.165) is 43.2 Å². The quantitative estimate of drug-likeness (QED) is 0.805. The van der Waals surface area contributed by atoms with E-state index in [0.29, 0.717) is 5.69 Å². The average Bonchev–Trinajstić information content (AvgIpc) is 3.24. The summed E-state index contributed by atoms with van der Waals surface area (Å²) in [6, 6.07) is 11.9. The predicted molar refractivity (Wildman–Crippen MR) is 91.6 cm³/mol. The minimum Gasteiger partial charge on any atom is -0.357 e. The molecule has 0 unspecified atom stereocenters. The van der Waals surface area contributed by atoms with E-state index in [9.17, 15) is 4.79 Å². The Hall–Kier alpha value is -2.18. The second-order valence-corrected chi connectivity index (χ2v) is 6.84. The van der Waals surface area contributed by atoms with Crippen LogP contribution in [0, 0.1) is 0 Å². The number of nitrogens with one attached hydrogen (secondary N) is 1. The maximum atomic E-state index is 12.3. The van der Waals surface area contributed by atoms with E-state index in [2.05, 4.69) is 28.1 Å². The van der Waals surface area contributed by atoms with Crippen molar-refractivity contribution in [2.75, 3.05) is 26.2 Å². The van der Waals surface area contributed by atoms with Crippen LogP contribution < -0.4 is 0 Å². The minimum atomic E-state index is 0.0923. The summed E-state index contributed by atoms with van der Waals surface area (Å²) in [7, 11) is 0. The molecule has 4 rings (SSSR count). The molecule has 6 heteroatoms. The fourth-order valence-electron chi connectivity index (χ4n) is 2.92. The van der Waals surface area contributed by atoms with Crippen molar-refractivity contribution in [1.29, 1.82) is 0 Å². The molecule has 1 fully saturated rings. The number of aromatic amines is 1. The standard InChI is InChI=1S/C17H18N4OS/c22-17(14-5-3-7-18-14)21-10-8-20(9-11-21)12-16-19-13-4-1-2-6-15(13)23-16/h1-7,18H,8-12H2. The number of rotatable bonds is 3. The zero-order valence-corrected chi connectivity index (χ0v) is 13.6. The Kier molecular flexibility index (Phi) is 3.85. The second kappa shape index (κ2) is 6.14. The van der Waals surface area contributed by atoms with E-state index in [1.165, 1.54) is 4.70 Å². The molecule has 118 valence electrons. The number of piperazine rings is 1. The number of nitrogens with zero attached hydrogens (tertiary/aromatic N) is 3. The Morgan fingerprint density at radius 3 is 2.70 bits per heavy atom. The molecule has 0 bridgehead atoms. The van der Waals surface area contributed by atoms with Gasteiger partial charge in [0.05, 0.1) is 16.8 Å². The van der Waals surface area contributed by atoms with Gasteiger partial charge in [0.2, 0.25) is 0 Å². The van der Waals surface area contributed by atoms with Gasteiger partial charge in [-0.2, -0.15) is 0 Å². The van der Waals surface area contributed by atoms with Gasteiger partial charge in [0.25, 0.3) is 5.91 Å². The van der Waals surface area contributed by atoms with Crippen molar-refractivity contribution in [3.63, 3.8) is 0 Å². The number of fused-ring (bicyclic) bond motifs is 1. The van der Waals surface area contributed by atoms with Crippen LogP contribution >= 0.6 is 11.3 Å². The maximum Gasteiger partial charge on any atom is 0.270 e. The summed E-state index contributed by atoms with van der Waals surface area (Å²) in [6.45, 7) is 4.18. The van der Waals surface area contributed by atoms with Crippen molar-refractivity contribution >= 4 is 27.5 Å². The van der Waals surface area contributed by atoms with Crippen LogP contribution in [0.4, 0.5) is 0 Å². The molecule has 1 saturated heterocycles. The lowest BCUT2D eigenvalue weighted by Crippen LogP contribution is -2.48. The van der Waals surface area contributed by atoms with Crippen LogP contribution in [0.1, 0.15) is 15.5 Å². The lowest BCUT2D eigenvalue weighted by atomic mass is 10.3. The zero-order valence-electron chi connectivity index (χ0n) is 12.7. The normalized spacial score (nSPS) is 16.1. The number of carbonyl (C=O) groups is 1. The highest BCUT2D eigenvalue weighted by atomic mass is 32.1. The third-order valence-electron chi connectivity index (χ3n) is 4.18. The molecule has 0 atom stereocenters. The van der Waals surface area contributed by atoms with Gasteiger partial charge in [-0.15, -0.1) is 11.3 Å². The van der Waals surface area contributed by atoms with E-state index < -0.39 is 0 Å². The number of hydrogen-bond acceptors (Lipinski definition) is 4. The summed E-state index contributed by atoms with van der Waals surface area (Å²) >= 11 is 1.76. The Morgan fingerprint density at radius 1 is 1.13 bits per heavy atom. The number of hydrogen-bond donors (Lipinski definition) is 1. The number of aromatic nitrogens is 2. The Balaban J connectivity index is 1.37. The van der Waals surface area contributed by atoms with Crippen LogP contribution in [-0.2, 0) is 6.54 Å². The number of carbonyl (C=O) groups excluding carboxylic acids is 1. The fraction of sp³-hybridized carbons (Fsp3) is 0.294. The van der Waals surface area contributed by atoms with Gasteiger partial charge in [0, 0.05) is 32.4 Å². The highest BCUT2D eigenvalue weighted by molar-refractivity contribution is 7.18. The molecule has 2 aromatic heterocycles. The first-order valence-corrected chi connectivity index (χ1v) is 8.61. The molecule has 1 aliphatic rings. The predicted octanol–water partition coefficient (Wildman–Crippen LogP) is 2.58. The molecule has 1 amide bonds. The van der Waals surface area contributed by atoms with Crippen LogP contribution in [0.2, 0.25) is 0 Å². The molecule has 1 aromatic carbocycles. The molecule has 3 aromatic rings. The van der Waals surface area contributed by atoms with Gasteiger partial charge in [0.1, 0.15) is 10.7 Å². The summed E-state index contributed by atoms with van der Waals surface area (Å²) in [5, 5.41) is 1.15. The van der Waals surface area contributed by atoms with E-state index in [1.807, 2.05) is 23.1 Å². The van der Waals surface area contributed by atoms with Gasteiger partial charge in [0.15, 0.2) is 0 Å². The lowest BCUT2D eigenvalue weighted by molar-refractivity contribution is 0.0623. The van der Waals surface area contributed by atoms with Crippen LogP contribution in [-0.4, -0.2) is 51.9 Å². The van der Waals surface area contributed by atoms with Crippen LogP contribution in [0.25, 0.3) is 10.2 Å². The summed E-state index contributed by atoms with van der Waals surface area (Å²) < 4.78 is 1.24. The molecule has 3 heterocycles. The number of benzene rings is 1. The molecule has 1 aliphatic heterocycles. The highest BCUT2D eigenvalue weighted by Crippen LogP contribution is 2.23. The molecule has 0 spiro atoms. The molecule has 23 heavy (non-hydrogen) atoms. The maximum absolute atomic E-state index is 12.3. The molecule has 5 nitrogen and oxygen atoms in total. The average molecular weight is 326 g/mol. The van der Waals surface area contributed by atoms with Gasteiger partial charge < -0.3 is 9.88 Å². The lowest BCUT2D eigenvalue weighted by Gasteiger charge is -2.34. The largest absolute Gasteiger partial charge is 0.357 e. The van der Waals surface area contributed by atoms with Crippen LogP contribution in [0.5, 0.6) is 0 Å². The van der Waals surface area contributed by atoms with Gasteiger partial charge in [-0.25, -0.2) is 4.98 Å². The molecule has 0 radical (unpaired) electrons. The summed E-state index contributed by atoms with van der Waals surface area (Å²) in [5.41, 5.74) is 1.75. The Labute approximate surface area is 138 Å². The monoisotopic (exact) mass is 326 g/mol. The Morgan fingerprint density at radius 2 is 1.96 bits per heavy atom. The molecular formula is C17H18N4OS. The smallest absolute Gasteiger partial charge is 0.270 e. The SMILES string of the molecule is O=C(c1ccc[nH]1)N1CCN(Cc2nc3ccccc3s2)CC1. The summed E-state index contributed by atoms with van der Waals surface area (Å²) in [5.74, 6) is 0.0923. The highest BCUT2D eigenvalue weighted by Gasteiger charge is 2.23. The van der Waals surface area contributed by atoms with Crippen molar-refractivity contribution in [3.05, 3.63) is 53.3 Å². The zero-order chi connectivity index (χ0) is 15.6. The van der Waals surface area contributed by atoms with E-state index in [-0.39, 0.29) is 5.91 Å². The first kappa shape index (κ1) is 14.4. The number of amides is 1. The Bertz CT molecular complexity index is 770. The van der Waals surface area contributed by atoms with Gasteiger partial charge in [-0.05, 0) is 24.3 Å². The molecule has 0 saturated carbocycles. The molecular weight excluding hydrogens is 308 g/mol. The molecule has 0 aliphatic carbocycles. The third kappa shape index (κ3) is 3.00. The fourth-order valence-corrected chi connectivity index (χ4v) is 3.93. The summed E-state index contributed by atoms with van der Waals surface area (Å²) in [6.07, 6.45) is 1.79. The van der Waals surface area contributed by atoms with Crippen molar-refractivity contribution in [3.8, 4) is 0 Å². The number of para-hydroxylation sites is 1. The van der Waals surface area contributed by atoms with E-state index in [4.69, 9.17) is 4.98 Å². The van der Waals surface area contributed by atoms with Gasteiger partial charge in [-0.3, -0.25) is 9.69 Å².